The summed E-state index contributed by atoms with van der Waals surface area (Å²) in [6.07, 6.45) is -0.0140. The van der Waals surface area contributed by atoms with Gasteiger partial charge < -0.3 is 10.2 Å². The average Bonchev–Trinajstić information content (AvgIpc) is 3.36. The summed E-state index contributed by atoms with van der Waals surface area (Å²) in [5, 5.41) is 14.0. The smallest absolute Gasteiger partial charge is 0.274 e. The minimum absolute atomic E-state index is 0.0140. The quantitative estimate of drug-likeness (QED) is 0.415. The molecule has 2 N–H and O–H groups in total. The van der Waals surface area contributed by atoms with Crippen molar-refractivity contribution >= 4 is 34.8 Å². The van der Waals surface area contributed by atoms with Gasteiger partial charge in [0.05, 0.1) is 16.5 Å². The molecule has 10 heteroatoms. The first kappa shape index (κ1) is 23.7. The minimum Gasteiger partial charge on any atom is -0.326 e. The molecule has 0 unspecified atom stereocenters. The topological polar surface area (TPSA) is 127 Å². The molecule has 0 saturated carbocycles. The molecule has 1 aromatic heterocycles. The van der Waals surface area contributed by atoms with E-state index in [-0.39, 0.29) is 36.4 Å². The second-order valence-corrected chi connectivity index (χ2v) is 8.60. The molecule has 0 bridgehead atoms. The molecule has 3 amide bonds. The highest BCUT2D eigenvalue weighted by atomic mass is 16.6. The summed E-state index contributed by atoms with van der Waals surface area (Å²) in [5.74, 6) is -1.61. The number of aromatic nitrogens is 1. The van der Waals surface area contributed by atoms with Crippen LogP contribution in [0, 0.1) is 36.8 Å². The first-order valence-corrected chi connectivity index (χ1v) is 11.1. The van der Waals surface area contributed by atoms with Crippen molar-refractivity contribution in [3.05, 3.63) is 87.2 Å². The van der Waals surface area contributed by atoms with Gasteiger partial charge >= 0.3 is 0 Å². The van der Waals surface area contributed by atoms with Gasteiger partial charge in [-0.2, -0.15) is 0 Å². The Hall–Kier alpha value is -4.47. The molecule has 1 fully saturated rings. The fraction of sp³-hybridized carbons (Fsp3) is 0.240. The van der Waals surface area contributed by atoms with E-state index in [4.69, 9.17) is 0 Å². The molecular weight excluding hydrogens is 450 g/mol. The predicted octanol–water partition coefficient (Wildman–Crippen LogP) is 3.70. The lowest BCUT2D eigenvalue weighted by atomic mass is 10.1. The van der Waals surface area contributed by atoms with Crippen LogP contribution in [0.3, 0.4) is 0 Å². The van der Waals surface area contributed by atoms with E-state index in [0.717, 1.165) is 11.4 Å². The lowest BCUT2D eigenvalue weighted by Crippen LogP contribution is -2.28. The molecule has 1 aliphatic rings. The molecule has 35 heavy (non-hydrogen) atoms. The zero-order chi connectivity index (χ0) is 25.3. The van der Waals surface area contributed by atoms with Crippen LogP contribution < -0.4 is 15.6 Å². The van der Waals surface area contributed by atoms with Crippen LogP contribution >= 0.6 is 0 Å². The Bertz CT molecular complexity index is 1330. The highest BCUT2D eigenvalue weighted by Crippen LogP contribution is 2.30. The number of hydrogen-bond acceptors (Lipinski definition) is 5. The zero-order valence-corrected chi connectivity index (χ0v) is 19.6. The van der Waals surface area contributed by atoms with E-state index in [1.807, 2.05) is 26.0 Å². The Morgan fingerprint density at radius 1 is 1.03 bits per heavy atom. The number of nitrogens with zero attached hydrogens (tertiary/aromatic N) is 3. The van der Waals surface area contributed by atoms with Crippen molar-refractivity contribution in [2.75, 3.05) is 22.2 Å². The van der Waals surface area contributed by atoms with Gasteiger partial charge in [-0.25, -0.2) is 0 Å². The molecule has 2 aromatic carbocycles. The number of anilines is 2. The van der Waals surface area contributed by atoms with Gasteiger partial charge in [0.15, 0.2) is 0 Å². The van der Waals surface area contributed by atoms with E-state index in [2.05, 4.69) is 10.7 Å². The van der Waals surface area contributed by atoms with Crippen molar-refractivity contribution in [3.8, 4) is 0 Å². The van der Waals surface area contributed by atoms with Gasteiger partial charge in [0, 0.05) is 47.2 Å². The van der Waals surface area contributed by atoms with Crippen LogP contribution in [-0.2, 0) is 9.59 Å². The lowest BCUT2D eigenvalue weighted by molar-refractivity contribution is -0.385. The molecule has 0 radical (unpaired) electrons. The number of carbonyl (C=O) groups is 3. The minimum atomic E-state index is -0.634. The maximum absolute atomic E-state index is 12.9. The third-order valence-corrected chi connectivity index (χ3v) is 6.07. The lowest BCUT2D eigenvalue weighted by Gasteiger charge is -2.17. The number of amides is 3. The van der Waals surface area contributed by atoms with Gasteiger partial charge in [0.2, 0.25) is 11.8 Å². The maximum Gasteiger partial charge on any atom is 0.274 e. The summed E-state index contributed by atoms with van der Waals surface area (Å²) < 4.78 is 1.68. The van der Waals surface area contributed by atoms with Gasteiger partial charge in [0.25, 0.3) is 11.6 Å². The van der Waals surface area contributed by atoms with Crippen molar-refractivity contribution in [1.82, 2.24) is 4.68 Å². The molecule has 10 nitrogen and oxygen atoms in total. The number of aryl methyl sites for hydroxylation is 3. The van der Waals surface area contributed by atoms with Crippen LogP contribution in [0.4, 0.5) is 17.1 Å². The monoisotopic (exact) mass is 475 g/mol. The standard InChI is InChI=1S/C25H25N5O5/c1-15-7-10-21(13-22(15)30(34)35)28-14-19(12-23(28)31)24(32)26-20-6-4-5-18(11-20)25(33)27-29-16(2)8-9-17(29)3/h4-11,13,19H,12,14H2,1-3H3,(H,26,32)(H,27,33)/t19-/m0/s1. The Morgan fingerprint density at radius 2 is 1.74 bits per heavy atom. The Kier molecular flexibility index (Phi) is 6.37. The second-order valence-electron chi connectivity index (χ2n) is 8.60. The first-order valence-electron chi connectivity index (χ1n) is 11.1. The summed E-state index contributed by atoms with van der Waals surface area (Å²) in [7, 11) is 0. The molecule has 2 heterocycles. The van der Waals surface area contributed by atoms with Gasteiger partial charge in [-0.05, 0) is 57.2 Å². The van der Waals surface area contributed by atoms with E-state index >= 15 is 0 Å². The predicted molar refractivity (Wildman–Crippen MR) is 131 cm³/mol. The summed E-state index contributed by atoms with van der Waals surface area (Å²) in [6, 6.07) is 14.9. The van der Waals surface area contributed by atoms with E-state index in [1.165, 1.54) is 11.0 Å². The fourth-order valence-corrected chi connectivity index (χ4v) is 4.09. The number of benzene rings is 2. The maximum atomic E-state index is 12.9. The fourth-order valence-electron chi connectivity index (χ4n) is 4.09. The molecular formula is C25H25N5O5. The number of rotatable bonds is 6. The third kappa shape index (κ3) is 4.91. The highest BCUT2D eigenvalue weighted by molar-refractivity contribution is 6.05. The Morgan fingerprint density at radius 3 is 2.43 bits per heavy atom. The second kappa shape index (κ2) is 9.41. The van der Waals surface area contributed by atoms with Gasteiger partial charge in [-0.15, -0.1) is 0 Å². The van der Waals surface area contributed by atoms with E-state index in [9.17, 15) is 24.5 Å². The SMILES string of the molecule is Cc1ccc(N2C[C@@H](C(=O)Nc3cccc(C(=O)Nn4c(C)ccc4C)c3)CC2=O)cc1[N+](=O)[O-]. The number of hydrogen-bond donors (Lipinski definition) is 2. The van der Waals surface area contributed by atoms with Crippen LogP contribution in [0.25, 0.3) is 0 Å². The molecule has 180 valence electrons. The van der Waals surface area contributed by atoms with Crippen molar-refractivity contribution in [3.63, 3.8) is 0 Å². The van der Waals surface area contributed by atoms with Crippen molar-refractivity contribution < 1.29 is 19.3 Å². The van der Waals surface area contributed by atoms with Gasteiger partial charge in [-0.1, -0.05) is 12.1 Å². The van der Waals surface area contributed by atoms with Crippen molar-refractivity contribution in [2.24, 2.45) is 5.92 Å². The van der Waals surface area contributed by atoms with Gasteiger partial charge in [-0.3, -0.25) is 34.6 Å². The molecule has 1 saturated heterocycles. The van der Waals surface area contributed by atoms with E-state index in [1.54, 1.807) is 48.0 Å². The highest BCUT2D eigenvalue weighted by Gasteiger charge is 2.36. The van der Waals surface area contributed by atoms with Crippen LogP contribution in [-0.4, -0.2) is 33.9 Å². The molecule has 1 aliphatic heterocycles. The third-order valence-electron chi connectivity index (χ3n) is 6.07. The van der Waals surface area contributed by atoms with Crippen molar-refractivity contribution in [1.29, 1.82) is 0 Å². The summed E-state index contributed by atoms with van der Waals surface area (Å²) in [6.45, 7) is 5.49. The molecule has 1 atom stereocenters. The average molecular weight is 476 g/mol. The number of nitrogens with one attached hydrogen (secondary N) is 2. The van der Waals surface area contributed by atoms with Crippen molar-refractivity contribution in [2.45, 2.75) is 27.2 Å². The molecule has 3 aromatic rings. The number of carbonyl (C=O) groups excluding carboxylic acids is 3. The zero-order valence-electron chi connectivity index (χ0n) is 19.6. The first-order chi connectivity index (χ1) is 16.6. The van der Waals surface area contributed by atoms with Crippen LogP contribution in [0.15, 0.2) is 54.6 Å². The van der Waals surface area contributed by atoms with E-state index in [0.29, 0.717) is 22.5 Å². The molecule has 0 spiro atoms. The van der Waals surface area contributed by atoms with Crippen LogP contribution in [0.5, 0.6) is 0 Å². The van der Waals surface area contributed by atoms with E-state index < -0.39 is 10.8 Å². The Labute approximate surface area is 201 Å². The van der Waals surface area contributed by atoms with Crippen LogP contribution in [0.2, 0.25) is 0 Å². The summed E-state index contributed by atoms with van der Waals surface area (Å²) >= 11 is 0. The van der Waals surface area contributed by atoms with Crippen LogP contribution in [0.1, 0.15) is 33.7 Å². The molecule has 4 rings (SSSR count). The largest absolute Gasteiger partial charge is 0.326 e. The molecule has 0 aliphatic carbocycles. The van der Waals surface area contributed by atoms with Gasteiger partial charge in [0.1, 0.15) is 0 Å². The normalized spacial score (nSPS) is 15.2. The number of nitro groups is 1. The number of nitro benzene ring substituents is 1. The summed E-state index contributed by atoms with van der Waals surface area (Å²) in [4.78, 5) is 50.3. The summed E-state index contributed by atoms with van der Waals surface area (Å²) in [5.41, 5.74) is 6.19. The Balaban J connectivity index is 1.44.